The molecule has 4 nitrogen and oxygen atoms in total. The van der Waals surface area contributed by atoms with Gasteiger partial charge in [0.25, 0.3) is 0 Å². The van der Waals surface area contributed by atoms with Crippen molar-refractivity contribution >= 4 is 16.7 Å². The number of fused-ring (bicyclic) bond motifs is 1. The van der Waals surface area contributed by atoms with E-state index in [4.69, 9.17) is 4.98 Å². The zero-order valence-electron chi connectivity index (χ0n) is 15.5. The second-order valence-electron chi connectivity index (χ2n) is 7.22. The summed E-state index contributed by atoms with van der Waals surface area (Å²) in [5, 5.41) is 4.97. The van der Waals surface area contributed by atoms with Gasteiger partial charge in [-0.25, -0.2) is 4.98 Å². The van der Waals surface area contributed by atoms with Gasteiger partial charge < -0.3 is 10.2 Å². The van der Waals surface area contributed by atoms with Gasteiger partial charge in [-0.2, -0.15) is 0 Å². The predicted molar refractivity (Wildman–Crippen MR) is 108 cm³/mol. The Morgan fingerprint density at radius 1 is 0.962 bits per heavy atom. The van der Waals surface area contributed by atoms with Crippen LogP contribution in [0.3, 0.4) is 0 Å². The van der Waals surface area contributed by atoms with Crippen LogP contribution in [0.25, 0.3) is 10.9 Å². The Balaban J connectivity index is 1.37. The van der Waals surface area contributed by atoms with Crippen molar-refractivity contribution in [3.63, 3.8) is 0 Å². The molecule has 1 atom stereocenters. The third-order valence-electron chi connectivity index (χ3n) is 5.24. The summed E-state index contributed by atoms with van der Waals surface area (Å²) in [6.45, 7) is 6.36. The number of nitrogens with zero attached hydrogens (tertiary/aromatic N) is 3. The number of para-hydroxylation sites is 1. The molecule has 0 amide bonds. The number of aryl methyl sites for hydroxylation is 1. The summed E-state index contributed by atoms with van der Waals surface area (Å²) in [6.07, 6.45) is 2.26. The monoisotopic (exact) mass is 346 g/mol. The van der Waals surface area contributed by atoms with Gasteiger partial charge in [-0.15, -0.1) is 0 Å². The van der Waals surface area contributed by atoms with E-state index >= 15 is 0 Å². The van der Waals surface area contributed by atoms with Gasteiger partial charge in [-0.3, -0.25) is 4.98 Å². The van der Waals surface area contributed by atoms with Crippen LogP contribution in [-0.2, 0) is 0 Å². The fourth-order valence-electron chi connectivity index (χ4n) is 3.74. The van der Waals surface area contributed by atoms with E-state index in [0.29, 0.717) is 6.04 Å². The molecule has 3 heterocycles. The third-order valence-corrected chi connectivity index (χ3v) is 5.24. The summed E-state index contributed by atoms with van der Waals surface area (Å²) in [4.78, 5) is 11.9. The highest BCUT2D eigenvalue weighted by Gasteiger charge is 2.22. The summed E-state index contributed by atoms with van der Waals surface area (Å²) < 4.78 is 0. The van der Waals surface area contributed by atoms with Crippen molar-refractivity contribution in [2.45, 2.75) is 38.8 Å². The number of pyridine rings is 2. The number of hydrogen-bond acceptors (Lipinski definition) is 4. The van der Waals surface area contributed by atoms with E-state index in [2.05, 4.69) is 77.6 Å². The molecule has 3 aromatic rings. The van der Waals surface area contributed by atoms with Crippen LogP contribution >= 0.6 is 0 Å². The number of anilines is 1. The molecular weight excluding hydrogens is 320 g/mol. The maximum atomic E-state index is 4.83. The van der Waals surface area contributed by atoms with E-state index in [1.807, 2.05) is 6.07 Å². The first kappa shape index (κ1) is 17.0. The van der Waals surface area contributed by atoms with Gasteiger partial charge in [0.15, 0.2) is 0 Å². The summed E-state index contributed by atoms with van der Waals surface area (Å²) in [6, 6.07) is 19.7. The van der Waals surface area contributed by atoms with Gasteiger partial charge in [-0.1, -0.05) is 30.3 Å². The molecule has 0 saturated carbocycles. The second-order valence-corrected chi connectivity index (χ2v) is 7.22. The molecule has 1 N–H and O–H groups in total. The van der Waals surface area contributed by atoms with Crippen LogP contribution in [-0.4, -0.2) is 29.1 Å². The summed E-state index contributed by atoms with van der Waals surface area (Å²) >= 11 is 0. The van der Waals surface area contributed by atoms with Crippen LogP contribution in [0.1, 0.15) is 37.2 Å². The molecule has 1 aliphatic heterocycles. The minimum absolute atomic E-state index is 0.258. The van der Waals surface area contributed by atoms with Crippen LogP contribution in [0.2, 0.25) is 0 Å². The first-order valence-corrected chi connectivity index (χ1v) is 9.49. The topological polar surface area (TPSA) is 41.0 Å². The highest BCUT2D eigenvalue weighted by molar-refractivity contribution is 5.78. The molecular formula is C22H26N4. The molecule has 1 fully saturated rings. The van der Waals surface area contributed by atoms with E-state index in [0.717, 1.165) is 48.7 Å². The summed E-state index contributed by atoms with van der Waals surface area (Å²) in [5.74, 6) is 1.10. The molecule has 2 aromatic heterocycles. The predicted octanol–water partition coefficient (Wildman–Crippen LogP) is 4.26. The van der Waals surface area contributed by atoms with Crippen LogP contribution in [0, 0.1) is 6.92 Å². The number of piperidine rings is 1. The molecule has 0 radical (unpaired) electrons. The minimum atomic E-state index is 0.258. The lowest BCUT2D eigenvalue weighted by molar-refractivity contribution is 0.377. The van der Waals surface area contributed by atoms with E-state index in [9.17, 15) is 0 Å². The van der Waals surface area contributed by atoms with Crippen molar-refractivity contribution in [1.29, 1.82) is 0 Å². The maximum absolute atomic E-state index is 4.83. The Labute approximate surface area is 155 Å². The lowest BCUT2D eigenvalue weighted by atomic mass is 10.0. The molecule has 4 heteroatoms. The SMILES string of the molecule is Cc1cccc(N2CCC(NC(C)c3ccc4ccccc4n3)CC2)n1. The first-order chi connectivity index (χ1) is 12.7. The average molecular weight is 346 g/mol. The first-order valence-electron chi connectivity index (χ1n) is 9.49. The largest absolute Gasteiger partial charge is 0.356 e. The Morgan fingerprint density at radius 2 is 1.77 bits per heavy atom. The van der Waals surface area contributed by atoms with Crippen molar-refractivity contribution in [3.05, 3.63) is 66.0 Å². The van der Waals surface area contributed by atoms with Gasteiger partial charge in [0.1, 0.15) is 5.82 Å². The summed E-state index contributed by atoms with van der Waals surface area (Å²) in [5.41, 5.74) is 3.27. The lowest BCUT2D eigenvalue weighted by Crippen LogP contribution is -2.43. The van der Waals surface area contributed by atoms with Crippen molar-refractivity contribution in [2.24, 2.45) is 0 Å². The van der Waals surface area contributed by atoms with Crippen LogP contribution in [0.15, 0.2) is 54.6 Å². The molecule has 26 heavy (non-hydrogen) atoms. The Morgan fingerprint density at radius 3 is 2.58 bits per heavy atom. The van der Waals surface area contributed by atoms with Crippen LogP contribution < -0.4 is 10.2 Å². The smallest absolute Gasteiger partial charge is 0.128 e. The van der Waals surface area contributed by atoms with E-state index in [-0.39, 0.29) is 6.04 Å². The normalized spacial score (nSPS) is 16.8. The third kappa shape index (κ3) is 3.70. The lowest BCUT2D eigenvalue weighted by Gasteiger charge is -2.34. The fourth-order valence-corrected chi connectivity index (χ4v) is 3.74. The van der Waals surface area contributed by atoms with Gasteiger partial charge in [-0.05, 0) is 51.0 Å². The Bertz CT molecular complexity index is 884. The summed E-state index contributed by atoms with van der Waals surface area (Å²) in [7, 11) is 0. The van der Waals surface area contributed by atoms with E-state index in [1.54, 1.807) is 0 Å². The molecule has 1 unspecified atom stereocenters. The van der Waals surface area contributed by atoms with Gasteiger partial charge in [0, 0.05) is 36.3 Å². The van der Waals surface area contributed by atoms with Crippen molar-refractivity contribution in [1.82, 2.24) is 15.3 Å². The molecule has 4 rings (SSSR count). The van der Waals surface area contributed by atoms with E-state index < -0.39 is 0 Å². The molecule has 0 spiro atoms. The number of aromatic nitrogens is 2. The van der Waals surface area contributed by atoms with Crippen molar-refractivity contribution in [3.8, 4) is 0 Å². The van der Waals surface area contributed by atoms with Crippen molar-refractivity contribution in [2.75, 3.05) is 18.0 Å². The minimum Gasteiger partial charge on any atom is -0.356 e. The molecule has 1 aliphatic rings. The molecule has 0 bridgehead atoms. The molecule has 0 aliphatic carbocycles. The highest BCUT2D eigenvalue weighted by Crippen LogP contribution is 2.21. The highest BCUT2D eigenvalue weighted by atomic mass is 15.2. The Kier molecular flexibility index (Phi) is 4.85. The van der Waals surface area contributed by atoms with Gasteiger partial charge >= 0.3 is 0 Å². The Hall–Kier alpha value is -2.46. The quantitative estimate of drug-likeness (QED) is 0.766. The average Bonchev–Trinajstić information content (AvgIpc) is 2.68. The molecule has 1 saturated heterocycles. The number of rotatable bonds is 4. The van der Waals surface area contributed by atoms with Crippen LogP contribution in [0.4, 0.5) is 5.82 Å². The van der Waals surface area contributed by atoms with Crippen LogP contribution in [0.5, 0.6) is 0 Å². The van der Waals surface area contributed by atoms with Gasteiger partial charge in [0.2, 0.25) is 0 Å². The zero-order valence-corrected chi connectivity index (χ0v) is 15.5. The van der Waals surface area contributed by atoms with E-state index in [1.165, 1.54) is 5.39 Å². The number of nitrogens with one attached hydrogen (secondary N) is 1. The second kappa shape index (κ2) is 7.42. The van der Waals surface area contributed by atoms with Crippen molar-refractivity contribution < 1.29 is 0 Å². The fraction of sp³-hybridized carbons (Fsp3) is 0.364. The maximum Gasteiger partial charge on any atom is 0.128 e. The molecule has 134 valence electrons. The number of hydrogen-bond donors (Lipinski definition) is 1. The standard InChI is InChI=1S/C22H26N4/c1-16-6-5-9-22(23-16)26-14-12-19(13-15-26)24-17(2)20-11-10-18-7-3-4-8-21(18)25-20/h3-11,17,19,24H,12-15H2,1-2H3. The number of benzene rings is 1. The zero-order chi connectivity index (χ0) is 17.9. The molecule has 1 aromatic carbocycles. The van der Waals surface area contributed by atoms with Gasteiger partial charge in [0.05, 0.1) is 11.2 Å².